The monoisotopic (exact) mass is 482 g/mol. The highest BCUT2D eigenvalue weighted by Gasteiger charge is 2.47. The Morgan fingerprint density at radius 3 is 1.91 bits per heavy atom. The minimum atomic E-state index is -1.07. The van der Waals surface area contributed by atoms with Crippen LogP contribution >= 0.6 is 12.0 Å². The largest absolute Gasteiger partial charge is 0.394 e. The molecule has 3 aromatic rings. The van der Waals surface area contributed by atoms with Crippen LogP contribution in [0.1, 0.15) is 16.7 Å². The van der Waals surface area contributed by atoms with Gasteiger partial charge in [-0.3, -0.25) is 4.18 Å². The lowest BCUT2D eigenvalue weighted by molar-refractivity contribution is -0.296. The molecule has 2 N–H and O–H groups in total. The third-order valence-electron chi connectivity index (χ3n) is 5.63. The normalized spacial score (nSPS) is 24.7. The molecule has 0 aromatic heterocycles. The summed E-state index contributed by atoms with van der Waals surface area (Å²) < 4.78 is 24.1. The quantitative estimate of drug-likeness (QED) is 0.418. The molecule has 1 aliphatic rings. The van der Waals surface area contributed by atoms with Crippen molar-refractivity contribution >= 4 is 12.0 Å². The van der Waals surface area contributed by atoms with Crippen LogP contribution in [0.3, 0.4) is 0 Å². The second kappa shape index (κ2) is 12.5. The minimum Gasteiger partial charge on any atom is -0.394 e. The van der Waals surface area contributed by atoms with E-state index in [-0.39, 0.29) is 19.8 Å². The van der Waals surface area contributed by atoms with Crippen LogP contribution in [0.25, 0.3) is 0 Å². The van der Waals surface area contributed by atoms with Crippen LogP contribution in [0.2, 0.25) is 0 Å². The molecule has 1 saturated heterocycles. The summed E-state index contributed by atoms with van der Waals surface area (Å²) in [5.74, 6) is 0. The summed E-state index contributed by atoms with van der Waals surface area (Å²) in [6.07, 6.45) is -4.34. The van der Waals surface area contributed by atoms with Crippen molar-refractivity contribution in [3.63, 3.8) is 0 Å². The van der Waals surface area contributed by atoms with Crippen molar-refractivity contribution in [2.45, 2.75) is 55.7 Å². The van der Waals surface area contributed by atoms with E-state index in [4.69, 9.17) is 18.4 Å². The molecule has 0 aliphatic carbocycles. The van der Waals surface area contributed by atoms with Crippen LogP contribution in [-0.2, 0) is 31.6 Å². The zero-order chi connectivity index (χ0) is 23.8. The fourth-order valence-corrected chi connectivity index (χ4v) is 4.34. The Morgan fingerprint density at radius 1 is 0.794 bits per heavy atom. The smallest absolute Gasteiger partial charge is 0.200 e. The van der Waals surface area contributed by atoms with Gasteiger partial charge in [0.1, 0.15) is 24.4 Å². The molecule has 0 unspecified atom stereocenters. The van der Waals surface area contributed by atoms with E-state index in [1.165, 1.54) is 0 Å². The maximum Gasteiger partial charge on any atom is 0.200 e. The van der Waals surface area contributed by atoms with Crippen molar-refractivity contribution in [3.05, 3.63) is 102 Å². The summed E-state index contributed by atoms with van der Waals surface area (Å²) in [6, 6.07) is 27.3. The van der Waals surface area contributed by atoms with Gasteiger partial charge in [-0.15, -0.1) is 0 Å². The van der Waals surface area contributed by atoms with Crippen molar-refractivity contribution in [1.29, 1.82) is 0 Å². The third kappa shape index (κ3) is 6.67. The van der Waals surface area contributed by atoms with Gasteiger partial charge in [-0.2, -0.15) is 0 Å². The highest BCUT2D eigenvalue weighted by molar-refractivity contribution is 7.94. The predicted molar refractivity (Wildman–Crippen MR) is 130 cm³/mol. The molecule has 1 heterocycles. The lowest BCUT2D eigenvalue weighted by Crippen LogP contribution is -2.60. The fourth-order valence-electron chi connectivity index (χ4n) is 3.73. The Hall–Kier alpha value is -2.23. The molecule has 180 valence electrons. The first-order chi connectivity index (χ1) is 16.6. The standard InChI is InChI=1S/C27H30O6S/c1-19-12-14-22(15-13-19)34-33-27-26(31-18-21-10-6-3-7-11-21)24(29)25(23(16-28)32-27)30-17-20-8-4-2-5-9-20/h2-15,23-29H,16-18H2,1H3/t23-,24+,25-,26+,27-/m1/s1. The van der Waals surface area contributed by atoms with E-state index in [1.807, 2.05) is 91.9 Å². The van der Waals surface area contributed by atoms with Crippen molar-refractivity contribution in [2.75, 3.05) is 6.61 Å². The van der Waals surface area contributed by atoms with Crippen LogP contribution in [-0.4, -0.2) is 47.5 Å². The molecular formula is C27H30O6S. The number of hydrogen-bond donors (Lipinski definition) is 2. The van der Waals surface area contributed by atoms with Crippen molar-refractivity contribution < 1.29 is 28.6 Å². The second-order valence-electron chi connectivity index (χ2n) is 8.23. The van der Waals surface area contributed by atoms with E-state index in [0.717, 1.165) is 33.6 Å². The van der Waals surface area contributed by atoms with Crippen LogP contribution in [0.15, 0.2) is 89.8 Å². The highest BCUT2D eigenvalue weighted by Crippen LogP contribution is 2.32. The average molecular weight is 483 g/mol. The lowest BCUT2D eigenvalue weighted by atomic mass is 9.98. The first-order valence-corrected chi connectivity index (χ1v) is 12.0. The molecule has 0 radical (unpaired) electrons. The molecule has 4 rings (SSSR count). The molecule has 0 bridgehead atoms. The van der Waals surface area contributed by atoms with E-state index in [0.29, 0.717) is 0 Å². The molecule has 34 heavy (non-hydrogen) atoms. The molecule has 1 aliphatic heterocycles. The summed E-state index contributed by atoms with van der Waals surface area (Å²) in [7, 11) is 0. The van der Waals surface area contributed by atoms with Crippen LogP contribution in [0, 0.1) is 6.92 Å². The molecule has 1 fully saturated rings. The van der Waals surface area contributed by atoms with Crippen molar-refractivity contribution in [3.8, 4) is 0 Å². The van der Waals surface area contributed by atoms with E-state index in [9.17, 15) is 10.2 Å². The average Bonchev–Trinajstić information content (AvgIpc) is 2.88. The summed E-state index contributed by atoms with van der Waals surface area (Å²) in [5.41, 5.74) is 3.07. The Morgan fingerprint density at radius 2 is 1.35 bits per heavy atom. The lowest BCUT2D eigenvalue weighted by Gasteiger charge is -2.43. The van der Waals surface area contributed by atoms with Gasteiger partial charge in [0.2, 0.25) is 0 Å². The maximum absolute atomic E-state index is 11.3. The van der Waals surface area contributed by atoms with Gasteiger partial charge in [-0.25, -0.2) is 0 Å². The third-order valence-corrected chi connectivity index (χ3v) is 6.38. The van der Waals surface area contributed by atoms with Gasteiger partial charge in [0, 0.05) is 16.9 Å². The van der Waals surface area contributed by atoms with Crippen molar-refractivity contribution in [2.24, 2.45) is 0 Å². The van der Waals surface area contributed by atoms with E-state index >= 15 is 0 Å². The molecule has 0 amide bonds. The van der Waals surface area contributed by atoms with Gasteiger partial charge < -0.3 is 24.4 Å². The molecule has 6 nitrogen and oxygen atoms in total. The molecule has 5 atom stereocenters. The predicted octanol–water partition coefficient (Wildman–Crippen LogP) is 4.27. The van der Waals surface area contributed by atoms with E-state index in [2.05, 4.69) is 0 Å². The van der Waals surface area contributed by atoms with Crippen LogP contribution in [0.4, 0.5) is 0 Å². The van der Waals surface area contributed by atoms with Crippen molar-refractivity contribution in [1.82, 2.24) is 0 Å². The zero-order valence-electron chi connectivity index (χ0n) is 19.0. The number of ether oxygens (including phenoxy) is 3. The summed E-state index contributed by atoms with van der Waals surface area (Å²) in [5, 5.41) is 21.2. The van der Waals surface area contributed by atoms with Gasteiger partial charge in [0.25, 0.3) is 0 Å². The molecule has 7 heteroatoms. The van der Waals surface area contributed by atoms with Crippen LogP contribution in [0.5, 0.6) is 0 Å². The molecule has 3 aromatic carbocycles. The molecule has 0 spiro atoms. The van der Waals surface area contributed by atoms with Gasteiger partial charge in [0.15, 0.2) is 6.29 Å². The first kappa shape index (κ1) is 24.9. The fraction of sp³-hybridized carbons (Fsp3) is 0.333. The van der Waals surface area contributed by atoms with Gasteiger partial charge in [-0.05, 0) is 30.2 Å². The SMILES string of the molecule is Cc1ccc(SO[C@H]2O[C@H](CO)[C@@H](OCc3ccccc3)[C@H](O)[C@@H]2OCc2ccccc2)cc1. The summed E-state index contributed by atoms with van der Waals surface area (Å²) in [6.45, 7) is 2.25. The number of benzene rings is 3. The number of aliphatic hydroxyl groups is 2. The number of aliphatic hydroxyl groups excluding tert-OH is 2. The summed E-state index contributed by atoms with van der Waals surface area (Å²) in [4.78, 5) is 0.897. The van der Waals surface area contributed by atoms with Gasteiger partial charge in [0.05, 0.1) is 19.8 Å². The Kier molecular flexibility index (Phi) is 9.12. The van der Waals surface area contributed by atoms with Crippen LogP contribution < -0.4 is 0 Å². The van der Waals surface area contributed by atoms with Gasteiger partial charge >= 0.3 is 0 Å². The Balaban J connectivity index is 1.48. The second-order valence-corrected chi connectivity index (χ2v) is 9.06. The molecule has 0 saturated carbocycles. The zero-order valence-corrected chi connectivity index (χ0v) is 19.8. The molecular weight excluding hydrogens is 452 g/mol. The highest BCUT2D eigenvalue weighted by atomic mass is 32.2. The first-order valence-electron chi connectivity index (χ1n) is 11.3. The summed E-state index contributed by atoms with van der Waals surface area (Å²) >= 11 is 1.15. The minimum absolute atomic E-state index is 0.274. The maximum atomic E-state index is 11.3. The Labute approximate surface area is 204 Å². The van der Waals surface area contributed by atoms with E-state index < -0.39 is 30.7 Å². The topological polar surface area (TPSA) is 77.4 Å². The number of aryl methyl sites for hydroxylation is 1. The Bertz CT molecular complexity index is 985. The van der Waals surface area contributed by atoms with Gasteiger partial charge in [-0.1, -0.05) is 78.4 Å². The number of rotatable bonds is 10. The number of hydrogen-bond acceptors (Lipinski definition) is 7. The van der Waals surface area contributed by atoms with E-state index in [1.54, 1.807) is 0 Å².